The molecule has 1 heterocycles. The molecule has 152 valence electrons. The molecule has 3 rings (SSSR count). The van der Waals surface area contributed by atoms with Crippen molar-refractivity contribution in [1.82, 2.24) is 10.9 Å². The molecule has 1 saturated heterocycles. The number of carbonyl (C=O) groups excluding carboxylic acids is 1. The Kier molecular flexibility index (Phi) is 7.23. The number of nitriles is 1. The van der Waals surface area contributed by atoms with E-state index in [0.29, 0.717) is 25.0 Å². The van der Waals surface area contributed by atoms with Crippen LogP contribution in [0.3, 0.4) is 0 Å². The molecule has 1 aliphatic rings. The number of para-hydroxylation sites is 1. The van der Waals surface area contributed by atoms with Crippen molar-refractivity contribution in [3.05, 3.63) is 59.7 Å². The molecule has 1 amide bonds. The molecular formula is C23H28N4O2. The smallest absolute Gasteiger partial charge is 0.242 e. The minimum atomic E-state index is -0.250. The van der Waals surface area contributed by atoms with E-state index in [1.54, 1.807) is 0 Å². The van der Waals surface area contributed by atoms with Crippen LogP contribution in [-0.4, -0.2) is 18.0 Å². The zero-order chi connectivity index (χ0) is 20.6. The average molecular weight is 393 g/mol. The summed E-state index contributed by atoms with van der Waals surface area (Å²) in [4.78, 5) is 12.7. The van der Waals surface area contributed by atoms with E-state index in [-0.39, 0.29) is 11.9 Å². The van der Waals surface area contributed by atoms with Gasteiger partial charge in [0.2, 0.25) is 5.91 Å². The Hall–Kier alpha value is -2.88. The van der Waals surface area contributed by atoms with Crippen LogP contribution in [0.25, 0.3) is 0 Å². The van der Waals surface area contributed by atoms with Crippen LogP contribution in [0.4, 0.5) is 5.69 Å². The lowest BCUT2D eigenvalue weighted by Crippen LogP contribution is -2.40. The highest BCUT2D eigenvalue weighted by molar-refractivity contribution is 5.95. The topological polar surface area (TPSA) is 86.2 Å². The van der Waals surface area contributed by atoms with Crippen molar-refractivity contribution in [2.45, 2.75) is 51.8 Å². The molecule has 1 aliphatic heterocycles. The first-order chi connectivity index (χ1) is 14.0. The van der Waals surface area contributed by atoms with Gasteiger partial charge in [0.25, 0.3) is 0 Å². The minimum Gasteiger partial charge on any atom is -0.489 e. The van der Waals surface area contributed by atoms with Crippen LogP contribution in [0, 0.1) is 17.2 Å². The average Bonchev–Trinajstić information content (AvgIpc) is 3.16. The van der Waals surface area contributed by atoms with Crippen LogP contribution in [0.1, 0.15) is 37.8 Å². The molecule has 0 bridgehead atoms. The molecule has 0 aromatic heterocycles. The molecule has 2 aromatic carbocycles. The third kappa shape index (κ3) is 6.05. The molecule has 0 saturated carbocycles. The summed E-state index contributed by atoms with van der Waals surface area (Å²) in [5.41, 5.74) is 8.96. The summed E-state index contributed by atoms with van der Waals surface area (Å²) in [5.74, 6) is 1.27. The number of benzene rings is 2. The highest BCUT2D eigenvalue weighted by Crippen LogP contribution is 2.21. The zero-order valence-corrected chi connectivity index (χ0v) is 16.9. The maximum atomic E-state index is 12.7. The van der Waals surface area contributed by atoms with E-state index in [9.17, 15) is 4.79 Å². The van der Waals surface area contributed by atoms with Gasteiger partial charge in [0.1, 0.15) is 18.4 Å². The molecular weight excluding hydrogens is 364 g/mol. The second-order valence-electron chi connectivity index (χ2n) is 7.82. The van der Waals surface area contributed by atoms with E-state index in [0.717, 1.165) is 35.4 Å². The largest absolute Gasteiger partial charge is 0.489 e. The van der Waals surface area contributed by atoms with Gasteiger partial charge in [0.05, 0.1) is 12.5 Å². The normalized spacial score (nSPS) is 18.4. The maximum Gasteiger partial charge on any atom is 0.242 e. The summed E-state index contributed by atoms with van der Waals surface area (Å²) >= 11 is 0. The highest BCUT2D eigenvalue weighted by atomic mass is 16.5. The van der Waals surface area contributed by atoms with Gasteiger partial charge in [-0.15, -0.1) is 0 Å². The summed E-state index contributed by atoms with van der Waals surface area (Å²) in [6.45, 7) is 4.71. The van der Waals surface area contributed by atoms with Crippen LogP contribution >= 0.6 is 0 Å². The number of nitrogens with zero attached hydrogens (tertiary/aromatic N) is 1. The minimum absolute atomic E-state index is 0.0444. The van der Waals surface area contributed by atoms with Gasteiger partial charge in [-0.3, -0.25) is 10.2 Å². The fraction of sp³-hybridized carbons (Fsp3) is 0.391. The first-order valence-electron chi connectivity index (χ1n) is 10.0. The third-order valence-corrected chi connectivity index (χ3v) is 4.93. The molecule has 6 heteroatoms. The zero-order valence-electron chi connectivity index (χ0n) is 16.9. The second kappa shape index (κ2) is 10.1. The van der Waals surface area contributed by atoms with Gasteiger partial charge in [-0.05, 0) is 42.5 Å². The van der Waals surface area contributed by atoms with Gasteiger partial charge in [0, 0.05) is 17.3 Å². The lowest BCUT2D eigenvalue weighted by molar-refractivity contribution is -0.117. The van der Waals surface area contributed by atoms with Crippen molar-refractivity contribution in [3.63, 3.8) is 0 Å². The first-order valence-corrected chi connectivity index (χ1v) is 10.0. The Morgan fingerprint density at radius 1 is 1.21 bits per heavy atom. The molecule has 1 fully saturated rings. The third-order valence-electron chi connectivity index (χ3n) is 4.93. The number of hydrogen-bond acceptors (Lipinski definition) is 5. The van der Waals surface area contributed by atoms with Gasteiger partial charge in [0.15, 0.2) is 0 Å². The molecule has 2 unspecified atom stereocenters. The van der Waals surface area contributed by atoms with Gasteiger partial charge in [-0.2, -0.15) is 5.26 Å². The summed E-state index contributed by atoms with van der Waals surface area (Å²) in [5, 5.41) is 11.8. The number of rotatable bonds is 8. The monoisotopic (exact) mass is 392 g/mol. The van der Waals surface area contributed by atoms with Crippen LogP contribution in [-0.2, 0) is 17.8 Å². The lowest BCUT2D eigenvalue weighted by atomic mass is 10.00. The van der Waals surface area contributed by atoms with Crippen molar-refractivity contribution in [2.24, 2.45) is 5.92 Å². The van der Waals surface area contributed by atoms with E-state index >= 15 is 0 Å². The van der Waals surface area contributed by atoms with Crippen molar-refractivity contribution in [2.75, 3.05) is 5.32 Å². The van der Waals surface area contributed by atoms with Crippen molar-refractivity contribution < 1.29 is 9.53 Å². The van der Waals surface area contributed by atoms with Gasteiger partial charge >= 0.3 is 0 Å². The predicted molar refractivity (Wildman–Crippen MR) is 113 cm³/mol. The SMILES string of the molecule is CC(C)CC1CC(C(=O)Nc2ccccc2COc2ccc(CC#N)cc2)NN1. The molecule has 0 aliphatic carbocycles. The van der Waals surface area contributed by atoms with E-state index in [2.05, 4.69) is 36.1 Å². The Balaban J connectivity index is 1.57. The highest BCUT2D eigenvalue weighted by Gasteiger charge is 2.29. The molecule has 0 radical (unpaired) electrons. The van der Waals surface area contributed by atoms with E-state index in [1.165, 1.54) is 0 Å². The summed E-state index contributed by atoms with van der Waals surface area (Å²) in [7, 11) is 0. The summed E-state index contributed by atoms with van der Waals surface area (Å²) in [6.07, 6.45) is 2.20. The summed E-state index contributed by atoms with van der Waals surface area (Å²) < 4.78 is 5.87. The molecule has 2 aromatic rings. The quantitative estimate of drug-likeness (QED) is 0.640. The molecule has 6 nitrogen and oxygen atoms in total. The van der Waals surface area contributed by atoms with Crippen LogP contribution in [0.15, 0.2) is 48.5 Å². The second-order valence-corrected chi connectivity index (χ2v) is 7.82. The fourth-order valence-electron chi connectivity index (χ4n) is 3.46. The molecule has 2 atom stereocenters. The number of ether oxygens (including phenoxy) is 1. The Labute approximate surface area is 172 Å². The van der Waals surface area contributed by atoms with Crippen molar-refractivity contribution in [3.8, 4) is 11.8 Å². The number of amides is 1. The maximum absolute atomic E-state index is 12.7. The molecule has 0 spiro atoms. The number of nitrogens with one attached hydrogen (secondary N) is 3. The van der Waals surface area contributed by atoms with E-state index in [4.69, 9.17) is 10.00 Å². The first kappa shape index (κ1) is 20.8. The van der Waals surface area contributed by atoms with Crippen LogP contribution < -0.4 is 20.9 Å². The van der Waals surface area contributed by atoms with Crippen LogP contribution in [0.5, 0.6) is 5.75 Å². The number of hydrogen-bond donors (Lipinski definition) is 3. The Morgan fingerprint density at radius 3 is 2.69 bits per heavy atom. The predicted octanol–water partition coefficient (Wildman–Crippen LogP) is 3.55. The summed E-state index contributed by atoms with van der Waals surface area (Å²) in [6, 6.07) is 17.4. The lowest BCUT2D eigenvalue weighted by Gasteiger charge is -2.15. The van der Waals surface area contributed by atoms with Crippen molar-refractivity contribution >= 4 is 11.6 Å². The number of anilines is 1. The molecule has 29 heavy (non-hydrogen) atoms. The van der Waals surface area contributed by atoms with Gasteiger partial charge in [-0.1, -0.05) is 44.2 Å². The number of hydrazine groups is 1. The van der Waals surface area contributed by atoms with Gasteiger partial charge in [-0.25, -0.2) is 5.43 Å². The Bertz CT molecular complexity index is 858. The molecule has 3 N–H and O–H groups in total. The fourth-order valence-corrected chi connectivity index (χ4v) is 3.46. The van der Waals surface area contributed by atoms with E-state index < -0.39 is 0 Å². The van der Waals surface area contributed by atoms with Crippen LogP contribution in [0.2, 0.25) is 0 Å². The van der Waals surface area contributed by atoms with Gasteiger partial charge < -0.3 is 10.1 Å². The standard InChI is InChI=1S/C23H28N4O2/c1-16(2)13-19-14-22(27-26-19)23(28)25-21-6-4-3-5-18(21)15-29-20-9-7-17(8-10-20)11-12-24/h3-10,16,19,22,26-27H,11,13-15H2,1-2H3,(H,25,28). The Morgan fingerprint density at radius 2 is 1.97 bits per heavy atom. The number of carbonyl (C=O) groups is 1. The van der Waals surface area contributed by atoms with E-state index in [1.807, 2.05) is 48.5 Å². The van der Waals surface area contributed by atoms with Crippen molar-refractivity contribution in [1.29, 1.82) is 5.26 Å².